The molecule has 2 aromatic carbocycles. The van der Waals surface area contributed by atoms with E-state index in [2.05, 4.69) is 21.2 Å². The molecule has 2 aromatic rings. The van der Waals surface area contributed by atoms with Gasteiger partial charge in [-0.3, -0.25) is 14.9 Å². The first kappa shape index (κ1) is 18.2. The van der Waals surface area contributed by atoms with E-state index in [4.69, 9.17) is 11.6 Å². The third-order valence-corrected chi connectivity index (χ3v) is 4.58. The average molecular weight is 436 g/mol. The minimum atomic E-state index is -0.814. The summed E-state index contributed by atoms with van der Waals surface area (Å²) in [7, 11) is 0. The second-order valence-electron chi connectivity index (χ2n) is 5.60. The van der Waals surface area contributed by atoms with Crippen molar-refractivity contribution in [1.82, 2.24) is 5.32 Å². The quantitative estimate of drug-likeness (QED) is 0.555. The number of nitrogens with one attached hydrogen (secondary N) is 1. The van der Waals surface area contributed by atoms with Crippen molar-refractivity contribution in [2.45, 2.75) is 6.92 Å². The minimum absolute atomic E-state index is 0.0831. The number of rotatable bonds is 2. The first-order chi connectivity index (χ1) is 12.3. The van der Waals surface area contributed by atoms with Crippen LogP contribution in [0.25, 0.3) is 6.08 Å². The van der Waals surface area contributed by atoms with Crippen molar-refractivity contribution in [3.63, 3.8) is 0 Å². The van der Waals surface area contributed by atoms with Crippen LogP contribution in [0.15, 0.2) is 46.4 Å². The van der Waals surface area contributed by atoms with E-state index >= 15 is 0 Å². The van der Waals surface area contributed by atoms with Gasteiger partial charge in [-0.25, -0.2) is 9.69 Å². The predicted molar refractivity (Wildman–Crippen MR) is 101 cm³/mol. The SMILES string of the molecule is Cc1cc(Br)ccc1N1C(=O)NC(=O)/C(=C\c2ccc(O)c(Cl)c2)C1=O. The molecule has 0 bridgehead atoms. The number of nitrogens with zero attached hydrogens (tertiary/aromatic N) is 1. The summed E-state index contributed by atoms with van der Waals surface area (Å²) in [5.41, 5.74) is 1.28. The lowest BCUT2D eigenvalue weighted by molar-refractivity contribution is -0.122. The molecule has 1 fully saturated rings. The molecule has 26 heavy (non-hydrogen) atoms. The normalized spacial score (nSPS) is 16.2. The Morgan fingerprint density at radius 3 is 2.54 bits per heavy atom. The van der Waals surface area contributed by atoms with Gasteiger partial charge in [0.1, 0.15) is 11.3 Å². The largest absolute Gasteiger partial charge is 0.506 e. The third kappa shape index (κ3) is 3.36. The first-order valence-electron chi connectivity index (χ1n) is 7.44. The Morgan fingerprint density at radius 2 is 1.88 bits per heavy atom. The zero-order valence-electron chi connectivity index (χ0n) is 13.4. The fraction of sp³-hybridized carbons (Fsp3) is 0.0556. The van der Waals surface area contributed by atoms with E-state index in [1.807, 2.05) is 0 Å². The van der Waals surface area contributed by atoms with Gasteiger partial charge in [-0.1, -0.05) is 33.6 Å². The Balaban J connectivity index is 2.05. The molecule has 1 aliphatic rings. The molecule has 0 aliphatic carbocycles. The van der Waals surface area contributed by atoms with Crippen LogP contribution in [-0.2, 0) is 9.59 Å². The van der Waals surface area contributed by atoms with Crippen molar-refractivity contribution in [1.29, 1.82) is 0 Å². The van der Waals surface area contributed by atoms with E-state index in [1.54, 1.807) is 25.1 Å². The van der Waals surface area contributed by atoms with Crippen molar-refractivity contribution in [3.05, 3.63) is 62.6 Å². The Morgan fingerprint density at radius 1 is 1.15 bits per heavy atom. The van der Waals surface area contributed by atoms with Gasteiger partial charge in [-0.05, 0) is 54.5 Å². The molecule has 6 nitrogen and oxygen atoms in total. The average Bonchev–Trinajstić information content (AvgIpc) is 2.56. The summed E-state index contributed by atoms with van der Waals surface area (Å²) in [5, 5.41) is 11.7. The predicted octanol–water partition coefficient (Wildman–Crippen LogP) is 3.78. The zero-order valence-corrected chi connectivity index (χ0v) is 15.8. The van der Waals surface area contributed by atoms with Gasteiger partial charge < -0.3 is 5.11 Å². The van der Waals surface area contributed by atoms with Crippen LogP contribution in [0.3, 0.4) is 0 Å². The summed E-state index contributed by atoms with van der Waals surface area (Å²) in [6.45, 7) is 1.75. The Bertz CT molecular complexity index is 987. The summed E-state index contributed by atoms with van der Waals surface area (Å²) >= 11 is 9.18. The highest BCUT2D eigenvalue weighted by Gasteiger charge is 2.37. The highest BCUT2D eigenvalue weighted by atomic mass is 79.9. The Labute approximate surface area is 162 Å². The molecule has 1 saturated heterocycles. The standard InChI is InChI=1S/C18H12BrClN2O4/c1-9-6-11(19)3-4-14(9)22-17(25)12(16(24)21-18(22)26)7-10-2-5-15(23)13(20)8-10/h2-8,23H,1H3,(H,21,24,26)/b12-7+. The van der Waals surface area contributed by atoms with E-state index < -0.39 is 17.8 Å². The van der Waals surface area contributed by atoms with Gasteiger partial charge in [0, 0.05) is 4.47 Å². The van der Waals surface area contributed by atoms with Gasteiger partial charge in [0.05, 0.1) is 10.7 Å². The number of benzene rings is 2. The van der Waals surface area contributed by atoms with Gasteiger partial charge in [0.2, 0.25) is 0 Å². The number of urea groups is 1. The molecule has 1 heterocycles. The molecule has 3 rings (SSSR count). The Kier molecular flexibility index (Phi) is 4.84. The molecule has 0 radical (unpaired) electrons. The number of carbonyl (C=O) groups excluding carboxylic acids is 3. The van der Waals surface area contributed by atoms with Crippen LogP contribution in [0.1, 0.15) is 11.1 Å². The number of phenolic OH excluding ortho intramolecular Hbond substituents is 1. The van der Waals surface area contributed by atoms with Crippen LogP contribution in [0.2, 0.25) is 5.02 Å². The molecule has 0 unspecified atom stereocenters. The summed E-state index contributed by atoms with van der Waals surface area (Å²) in [6, 6.07) is 8.52. The number of halogens is 2. The van der Waals surface area contributed by atoms with Gasteiger partial charge in [0.15, 0.2) is 0 Å². The summed E-state index contributed by atoms with van der Waals surface area (Å²) in [5.74, 6) is -1.65. The molecule has 0 atom stereocenters. The maximum absolute atomic E-state index is 12.8. The van der Waals surface area contributed by atoms with Crippen LogP contribution in [0.4, 0.5) is 10.5 Å². The Hall–Kier alpha value is -2.64. The first-order valence-corrected chi connectivity index (χ1v) is 8.61. The number of aryl methyl sites for hydroxylation is 1. The third-order valence-electron chi connectivity index (χ3n) is 3.78. The molecule has 132 valence electrons. The summed E-state index contributed by atoms with van der Waals surface area (Å²) < 4.78 is 0.800. The fourth-order valence-electron chi connectivity index (χ4n) is 2.53. The van der Waals surface area contributed by atoms with Crippen molar-refractivity contribution < 1.29 is 19.5 Å². The van der Waals surface area contributed by atoms with E-state index in [0.29, 0.717) is 16.8 Å². The maximum Gasteiger partial charge on any atom is 0.335 e. The second kappa shape index (κ2) is 6.93. The molecule has 8 heteroatoms. The molecular weight excluding hydrogens is 424 g/mol. The molecule has 2 N–H and O–H groups in total. The maximum atomic E-state index is 12.8. The van der Waals surface area contributed by atoms with Crippen LogP contribution in [-0.4, -0.2) is 23.0 Å². The molecule has 0 saturated carbocycles. The van der Waals surface area contributed by atoms with E-state index in [9.17, 15) is 19.5 Å². The van der Waals surface area contributed by atoms with Crippen molar-refractivity contribution in [3.8, 4) is 5.75 Å². The lowest BCUT2D eigenvalue weighted by atomic mass is 10.1. The smallest absolute Gasteiger partial charge is 0.335 e. The molecular formula is C18H12BrClN2O4. The van der Waals surface area contributed by atoms with E-state index in [0.717, 1.165) is 9.37 Å². The lowest BCUT2D eigenvalue weighted by Crippen LogP contribution is -2.54. The number of carbonyl (C=O) groups is 3. The number of hydrogen-bond acceptors (Lipinski definition) is 4. The number of imide groups is 2. The number of hydrogen-bond donors (Lipinski definition) is 2. The number of phenols is 1. The van der Waals surface area contributed by atoms with Gasteiger partial charge in [-0.15, -0.1) is 0 Å². The van der Waals surface area contributed by atoms with Gasteiger partial charge >= 0.3 is 6.03 Å². The van der Waals surface area contributed by atoms with Gasteiger partial charge in [-0.2, -0.15) is 0 Å². The van der Waals surface area contributed by atoms with E-state index in [1.165, 1.54) is 24.3 Å². The zero-order chi connectivity index (χ0) is 19.0. The number of anilines is 1. The highest BCUT2D eigenvalue weighted by Crippen LogP contribution is 2.29. The minimum Gasteiger partial charge on any atom is -0.506 e. The van der Waals surface area contributed by atoms with Crippen molar-refractivity contribution >= 4 is 57.1 Å². The van der Waals surface area contributed by atoms with E-state index in [-0.39, 0.29) is 16.3 Å². The summed E-state index contributed by atoms with van der Waals surface area (Å²) in [6.07, 6.45) is 1.32. The number of barbiturate groups is 1. The number of amides is 4. The van der Waals surface area contributed by atoms with Gasteiger partial charge in [0.25, 0.3) is 11.8 Å². The topological polar surface area (TPSA) is 86.7 Å². The van der Waals surface area contributed by atoms with Crippen LogP contribution < -0.4 is 10.2 Å². The van der Waals surface area contributed by atoms with Crippen LogP contribution >= 0.6 is 27.5 Å². The highest BCUT2D eigenvalue weighted by molar-refractivity contribution is 9.10. The molecule has 0 aromatic heterocycles. The molecule has 0 spiro atoms. The van der Waals surface area contributed by atoms with Crippen LogP contribution in [0, 0.1) is 6.92 Å². The van der Waals surface area contributed by atoms with Crippen molar-refractivity contribution in [2.24, 2.45) is 0 Å². The van der Waals surface area contributed by atoms with Crippen molar-refractivity contribution in [2.75, 3.05) is 4.90 Å². The monoisotopic (exact) mass is 434 g/mol. The number of aromatic hydroxyl groups is 1. The molecule has 1 aliphatic heterocycles. The second-order valence-corrected chi connectivity index (χ2v) is 6.92. The lowest BCUT2D eigenvalue weighted by Gasteiger charge is -2.27. The van der Waals surface area contributed by atoms with Crippen LogP contribution in [0.5, 0.6) is 5.75 Å². The summed E-state index contributed by atoms with van der Waals surface area (Å²) in [4.78, 5) is 38.1. The fourth-order valence-corrected chi connectivity index (χ4v) is 3.19. The molecule has 4 amide bonds.